The lowest BCUT2D eigenvalue weighted by molar-refractivity contribution is -0.140. The zero-order valence-corrected chi connectivity index (χ0v) is 22.9. The minimum Gasteiger partial charge on any atom is -0.427 e. The zero-order chi connectivity index (χ0) is 30.6. The molecule has 1 spiro atoms. The van der Waals surface area contributed by atoms with Crippen molar-refractivity contribution in [3.05, 3.63) is 101 Å². The summed E-state index contributed by atoms with van der Waals surface area (Å²) in [6.45, 7) is -0.766. The first-order valence-electron chi connectivity index (χ1n) is 13.2. The first-order valence-corrected chi connectivity index (χ1v) is 13.2. The normalized spacial score (nSPS) is 16.7. The Hall–Kier alpha value is -5.76. The number of carbonyl (C=O) groups excluding carboxylic acids is 6. The van der Waals surface area contributed by atoms with Gasteiger partial charge < -0.3 is 15.4 Å². The summed E-state index contributed by atoms with van der Waals surface area (Å²) >= 11 is 0. The molecule has 14 nitrogen and oxygen atoms in total. The molecule has 0 bridgehead atoms. The Balaban J connectivity index is 1.29. The molecule has 1 aliphatic carbocycles. The Kier molecular flexibility index (Phi) is 8.03. The van der Waals surface area contributed by atoms with Gasteiger partial charge >= 0.3 is 12.1 Å². The lowest BCUT2D eigenvalue weighted by atomic mass is 9.94. The average Bonchev–Trinajstić information content (AvgIpc) is 3.50. The van der Waals surface area contributed by atoms with Crippen LogP contribution in [0.5, 0.6) is 0 Å². The Morgan fingerprint density at radius 2 is 1.60 bits per heavy atom. The van der Waals surface area contributed by atoms with Crippen molar-refractivity contribution >= 4 is 41.4 Å². The van der Waals surface area contributed by atoms with Crippen LogP contribution >= 0.6 is 0 Å². The number of carbonyl (C=O) groups is 6. The van der Waals surface area contributed by atoms with Crippen LogP contribution in [0.3, 0.4) is 0 Å². The Labute approximate surface area is 245 Å². The van der Waals surface area contributed by atoms with E-state index in [1.54, 1.807) is 66.7 Å². The van der Waals surface area contributed by atoms with Gasteiger partial charge in [-0.2, -0.15) is 5.12 Å². The van der Waals surface area contributed by atoms with E-state index in [2.05, 4.69) is 27.0 Å². The Bertz CT molecular complexity index is 1600. The van der Waals surface area contributed by atoms with E-state index >= 15 is 0 Å². The van der Waals surface area contributed by atoms with E-state index in [1.807, 2.05) is 0 Å². The predicted molar refractivity (Wildman–Crippen MR) is 151 cm³/mol. The highest BCUT2D eigenvalue weighted by atomic mass is 16.6. The molecule has 0 unspecified atom stereocenters. The van der Waals surface area contributed by atoms with Crippen LogP contribution in [-0.4, -0.2) is 59.4 Å². The number of hydrogen-bond acceptors (Lipinski definition) is 8. The fraction of sp³-hybridized carbons (Fsp3) is 0.172. The number of rotatable bonds is 7. The summed E-state index contributed by atoms with van der Waals surface area (Å²) in [6, 6.07) is 20.6. The molecule has 0 radical (unpaired) electrons. The first kappa shape index (κ1) is 28.8. The van der Waals surface area contributed by atoms with Crippen LogP contribution in [0.1, 0.15) is 38.3 Å². The summed E-state index contributed by atoms with van der Waals surface area (Å²) in [5.41, 5.74) is 7.52. The van der Waals surface area contributed by atoms with Crippen molar-refractivity contribution < 1.29 is 33.5 Å². The van der Waals surface area contributed by atoms with Gasteiger partial charge in [0.2, 0.25) is 5.60 Å². The molecule has 7 amide bonds. The minimum absolute atomic E-state index is 0.153. The number of nitrogens with one attached hydrogen (secondary N) is 5. The highest BCUT2D eigenvalue weighted by Gasteiger charge is 2.58. The lowest BCUT2D eigenvalue weighted by Gasteiger charge is -2.25. The second kappa shape index (κ2) is 12.0. The number of aryl methyl sites for hydroxylation is 1. The fourth-order valence-electron chi connectivity index (χ4n) is 4.84. The van der Waals surface area contributed by atoms with Gasteiger partial charge in [0.25, 0.3) is 23.6 Å². The molecular weight excluding hydrogens is 558 g/mol. The Morgan fingerprint density at radius 3 is 2.28 bits per heavy atom. The number of fused-ring (bicyclic) bond motifs is 2. The van der Waals surface area contributed by atoms with E-state index in [9.17, 15) is 28.8 Å². The molecule has 5 N–H and O–H groups in total. The van der Waals surface area contributed by atoms with Crippen molar-refractivity contribution in [2.75, 3.05) is 18.9 Å². The summed E-state index contributed by atoms with van der Waals surface area (Å²) in [7, 11) is 1.48. The van der Waals surface area contributed by atoms with Crippen molar-refractivity contribution in [3.8, 4) is 0 Å². The topological polar surface area (TPSA) is 178 Å². The van der Waals surface area contributed by atoms with Crippen LogP contribution in [0.2, 0.25) is 0 Å². The molecule has 14 heteroatoms. The molecule has 1 atom stereocenters. The SMILES string of the molecule is CNC(=O)Nc1ccc2c(c1)CC[C@]21OC(=O)N(CC(=O)NN(NNC(=O)c2ccccc2)C(=O)c2ccccc2)C1=O. The van der Waals surface area contributed by atoms with Gasteiger partial charge in [0.05, 0.1) is 0 Å². The van der Waals surface area contributed by atoms with Gasteiger partial charge in [0.1, 0.15) is 6.54 Å². The van der Waals surface area contributed by atoms with E-state index in [-0.39, 0.29) is 17.5 Å². The maximum absolute atomic E-state index is 13.5. The number of hydrogen-bond donors (Lipinski definition) is 5. The number of urea groups is 1. The third-order valence-corrected chi connectivity index (χ3v) is 6.92. The number of benzene rings is 3. The third kappa shape index (κ3) is 5.85. The zero-order valence-electron chi connectivity index (χ0n) is 22.9. The first-order chi connectivity index (χ1) is 20.7. The van der Waals surface area contributed by atoms with Crippen LogP contribution < -0.4 is 27.0 Å². The predicted octanol–water partition coefficient (Wildman–Crippen LogP) is 1.58. The van der Waals surface area contributed by atoms with Gasteiger partial charge in [-0.25, -0.2) is 19.9 Å². The highest BCUT2D eigenvalue weighted by molar-refractivity contribution is 6.06. The molecule has 1 aliphatic heterocycles. The molecule has 5 rings (SSSR count). The van der Waals surface area contributed by atoms with Gasteiger partial charge in [0, 0.05) is 35.8 Å². The fourth-order valence-corrected chi connectivity index (χ4v) is 4.84. The summed E-state index contributed by atoms with van der Waals surface area (Å²) in [4.78, 5) is 77.4. The molecule has 2 aliphatic rings. The quantitative estimate of drug-likeness (QED) is 0.260. The van der Waals surface area contributed by atoms with E-state index in [4.69, 9.17) is 4.74 Å². The Morgan fingerprint density at radius 1 is 0.930 bits per heavy atom. The molecule has 1 heterocycles. The molecule has 220 valence electrons. The standard InChI is InChI=1S/C29H27N7O7/c1-30-27(41)31-21-12-13-22-20(16-21)14-15-29(22)26(40)35(28(42)43-29)17-23(37)33-36(25(39)19-10-6-3-7-11-19)34-32-24(38)18-8-4-2-5-9-18/h2-13,16,34H,14-15,17H2,1H3,(H,32,38)(H,33,37)(H2,30,31,41)/t29-/m0/s1. The number of amides is 7. The van der Waals surface area contributed by atoms with Crippen LogP contribution in [-0.2, 0) is 26.3 Å². The number of nitrogens with zero attached hydrogens (tertiary/aromatic N) is 2. The maximum Gasteiger partial charge on any atom is 0.418 e. The maximum atomic E-state index is 13.5. The number of ether oxygens (including phenoxy) is 1. The molecule has 1 saturated heterocycles. The van der Waals surface area contributed by atoms with Crippen molar-refractivity contribution in [2.24, 2.45) is 0 Å². The molecular formula is C29H27N7O7. The summed E-state index contributed by atoms with van der Waals surface area (Å²) in [5.74, 6) is -2.98. The monoisotopic (exact) mass is 585 g/mol. The van der Waals surface area contributed by atoms with Gasteiger partial charge in [-0.3, -0.25) is 24.6 Å². The minimum atomic E-state index is -1.61. The molecule has 1 fully saturated rings. The summed E-state index contributed by atoms with van der Waals surface area (Å²) < 4.78 is 5.56. The van der Waals surface area contributed by atoms with Crippen molar-refractivity contribution in [3.63, 3.8) is 0 Å². The molecule has 0 saturated carbocycles. The summed E-state index contributed by atoms with van der Waals surface area (Å²) in [5, 5.41) is 5.74. The van der Waals surface area contributed by atoms with E-state index in [0.717, 1.165) is 0 Å². The van der Waals surface area contributed by atoms with Crippen LogP contribution in [0.4, 0.5) is 15.3 Å². The average molecular weight is 586 g/mol. The van der Waals surface area contributed by atoms with Gasteiger partial charge in [0.15, 0.2) is 0 Å². The lowest BCUT2D eigenvalue weighted by Crippen LogP contribution is -2.61. The van der Waals surface area contributed by atoms with Gasteiger partial charge in [-0.05, 0) is 48.4 Å². The van der Waals surface area contributed by atoms with Gasteiger partial charge in [-0.15, -0.1) is 5.53 Å². The van der Waals surface area contributed by atoms with Crippen molar-refractivity contribution in [2.45, 2.75) is 18.4 Å². The smallest absolute Gasteiger partial charge is 0.418 e. The molecule has 0 aromatic heterocycles. The van der Waals surface area contributed by atoms with Crippen LogP contribution in [0.25, 0.3) is 0 Å². The second-order valence-corrected chi connectivity index (χ2v) is 9.64. The second-order valence-electron chi connectivity index (χ2n) is 9.64. The molecule has 3 aromatic rings. The van der Waals surface area contributed by atoms with Gasteiger partial charge in [-0.1, -0.05) is 42.5 Å². The number of hydrazine groups is 3. The van der Waals surface area contributed by atoms with Crippen molar-refractivity contribution in [1.29, 1.82) is 0 Å². The van der Waals surface area contributed by atoms with Crippen LogP contribution in [0, 0.1) is 0 Å². The highest BCUT2D eigenvalue weighted by Crippen LogP contribution is 2.45. The van der Waals surface area contributed by atoms with Crippen LogP contribution in [0.15, 0.2) is 78.9 Å². The van der Waals surface area contributed by atoms with Crippen molar-refractivity contribution in [1.82, 2.24) is 31.7 Å². The number of imide groups is 1. The summed E-state index contributed by atoms with van der Waals surface area (Å²) in [6.07, 6.45) is -0.478. The van der Waals surface area contributed by atoms with E-state index < -0.39 is 47.9 Å². The van der Waals surface area contributed by atoms with E-state index in [0.29, 0.717) is 33.3 Å². The third-order valence-electron chi connectivity index (χ3n) is 6.92. The number of anilines is 1. The molecule has 3 aromatic carbocycles. The largest absolute Gasteiger partial charge is 0.427 e. The van der Waals surface area contributed by atoms with E-state index in [1.165, 1.54) is 19.2 Å². The molecule has 43 heavy (non-hydrogen) atoms.